The molecule has 0 aliphatic heterocycles. The van der Waals surface area contributed by atoms with E-state index in [-0.39, 0.29) is 0 Å². The molecule has 4 atom stereocenters. The minimum atomic E-state index is 0.357. The van der Waals surface area contributed by atoms with Crippen molar-refractivity contribution in [2.75, 3.05) is 0 Å². The van der Waals surface area contributed by atoms with Crippen molar-refractivity contribution in [1.29, 1.82) is 0 Å². The summed E-state index contributed by atoms with van der Waals surface area (Å²) in [5.41, 5.74) is 2.48. The molecule has 118 valence electrons. The predicted octanol–water partition coefficient (Wildman–Crippen LogP) is 6.86. The van der Waals surface area contributed by atoms with Crippen LogP contribution in [0, 0.1) is 28.6 Å². The topological polar surface area (TPSA) is 0 Å². The number of allylic oxidation sites excluding steroid dienone is 2. The van der Waals surface area contributed by atoms with Gasteiger partial charge in [0.05, 0.1) is 0 Å². The number of hydrogen-bond donors (Lipinski definition) is 0. The molecule has 0 aromatic heterocycles. The molecule has 0 heteroatoms. The third-order valence-electron chi connectivity index (χ3n) is 6.10. The highest BCUT2D eigenvalue weighted by Crippen LogP contribution is 2.61. The Balaban J connectivity index is 2.86. The first-order valence-corrected chi connectivity index (χ1v) is 8.85. The molecular weight excluding hydrogens is 240 g/mol. The third kappa shape index (κ3) is 3.89. The van der Waals surface area contributed by atoms with Crippen LogP contribution in [0.4, 0.5) is 0 Å². The summed E-state index contributed by atoms with van der Waals surface area (Å²) in [6, 6.07) is 0. The minimum Gasteiger partial charge on any atom is -0.0799 e. The van der Waals surface area contributed by atoms with E-state index in [2.05, 4.69) is 61.5 Å². The van der Waals surface area contributed by atoms with E-state index in [1.165, 1.54) is 37.7 Å². The zero-order valence-corrected chi connectivity index (χ0v) is 15.3. The molecule has 1 fully saturated rings. The highest BCUT2D eigenvalue weighted by Gasteiger charge is 2.51. The van der Waals surface area contributed by atoms with Gasteiger partial charge < -0.3 is 0 Å². The average Bonchev–Trinajstić information content (AvgIpc) is 2.96. The lowest BCUT2D eigenvalue weighted by Crippen LogP contribution is -2.32. The second-order valence-corrected chi connectivity index (χ2v) is 8.40. The fourth-order valence-corrected chi connectivity index (χ4v) is 4.30. The highest BCUT2D eigenvalue weighted by molar-refractivity contribution is 5.10. The van der Waals surface area contributed by atoms with Crippen LogP contribution in [0.15, 0.2) is 11.6 Å². The first kappa shape index (κ1) is 17.8. The second kappa shape index (κ2) is 6.67. The Bertz CT molecular complexity index is 334. The lowest BCUT2D eigenvalue weighted by Gasteiger charge is -2.41. The zero-order chi connectivity index (χ0) is 15.6. The van der Waals surface area contributed by atoms with Crippen LogP contribution in [-0.4, -0.2) is 0 Å². The summed E-state index contributed by atoms with van der Waals surface area (Å²) in [7, 11) is 0. The molecule has 20 heavy (non-hydrogen) atoms. The molecule has 1 rings (SSSR count). The molecule has 0 aromatic carbocycles. The predicted molar refractivity (Wildman–Crippen MR) is 91.9 cm³/mol. The lowest BCUT2D eigenvalue weighted by molar-refractivity contribution is 0.134. The zero-order valence-electron chi connectivity index (χ0n) is 15.3. The van der Waals surface area contributed by atoms with Gasteiger partial charge in [-0.1, -0.05) is 72.5 Å². The van der Waals surface area contributed by atoms with E-state index in [4.69, 9.17) is 0 Å². The van der Waals surface area contributed by atoms with E-state index in [0.29, 0.717) is 16.7 Å². The van der Waals surface area contributed by atoms with Crippen LogP contribution in [0.2, 0.25) is 0 Å². The molecule has 0 saturated heterocycles. The SMILES string of the molecule is CCCC1CC1(C)CC(CC)C(C)(C=C(C)C)C(C)C. The van der Waals surface area contributed by atoms with Crippen LogP contribution in [0.5, 0.6) is 0 Å². The van der Waals surface area contributed by atoms with Gasteiger partial charge in [0.1, 0.15) is 0 Å². The third-order valence-corrected chi connectivity index (χ3v) is 6.10. The van der Waals surface area contributed by atoms with Crippen LogP contribution < -0.4 is 0 Å². The molecule has 0 nitrogen and oxygen atoms in total. The van der Waals surface area contributed by atoms with Crippen molar-refractivity contribution >= 4 is 0 Å². The average molecular weight is 279 g/mol. The maximum atomic E-state index is 2.56. The van der Waals surface area contributed by atoms with E-state index in [9.17, 15) is 0 Å². The van der Waals surface area contributed by atoms with Crippen molar-refractivity contribution in [2.24, 2.45) is 28.6 Å². The fraction of sp³-hybridized carbons (Fsp3) is 0.900. The number of rotatable bonds is 8. The summed E-state index contributed by atoms with van der Waals surface area (Å²) in [5, 5.41) is 0. The summed E-state index contributed by atoms with van der Waals surface area (Å²) in [6.07, 6.45) is 9.56. The monoisotopic (exact) mass is 278 g/mol. The molecular formula is C20H38. The maximum absolute atomic E-state index is 2.56. The van der Waals surface area contributed by atoms with Crippen LogP contribution in [0.1, 0.15) is 87.5 Å². The van der Waals surface area contributed by atoms with Gasteiger partial charge in [-0.25, -0.2) is 0 Å². The quantitative estimate of drug-likeness (QED) is 0.425. The van der Waals surface area contributed by atoms with Crippen molar-refractivity contribution < 1.29 is 0 Å². The van der Waals surface area contributed by atoms with Crippen LogP contribution >= 0.6 is 0 Å². The normalized spacial score (nSPS) is 29.9. The fourth-order valence-electron chi connectivity index (χ4n) is 4.30. The van der Waals surface area contributed by atoms with E-state index >= 15 is 0 Å². The molecule has 0 N–H and O–H groups in total. The highest BCUT2D eigenvalue weighted by atomic mass is 14.6. The van der Waals surface area contributed by atoms with Gasteiger partial charge >= 0.3 is 0 Å². The minimum absolute atomic E-state index is 0.357. The van der Waals surface area contributed by atoms with Crippen molar-refractivity contribution in [3.05, 3.63) is 11.6 Å². The Morgan fingerprint density at radius 1 is 1.30 bits per heavy atom. The molecule has 0 spiro atoms. The molecule has 0 heterocycles. The van der Waals surface area contributed by atoms with Gasteiger partial charge in [0.25, 0.3) is 0 Å². The van der Waals surface area contributed by atoms with Gasteiger partial charge in [-0.2, -0.15) is 0 Å². The Morgan fingerprint density at radius 2 is 1.90 bits per heavy atom. The molecule has 0 aromatic rings. The van der Waals surface area contributed by atoms with Crippen molar-refractivity contribution in [3.63, 3.8) is 0 Å². The van der Waals surface area contributed by atoms with Crippen LogP contribution in [-0.2, 0) is 0 Å². The summed E-state index contributed by atoms with van der Waals surface area (Å²) in [4.78, 5) is 0. The lowest BCUT2D eigenvalue weighted by atomic mass is 9.64. The van der Waals surface area contributed by atoms with Gasteiger partial charge in [0.15, 0.2) is 0 Å². The molecule has 1 saturated carbocycles. The number of hydrogen-bond acceptors (Lipinski definition) is 0. The van der Waals surface area contributed by atoms with Crippen molar-refractivity contribution in [2.45, 2.75) is 87.5 Å². The Kier molecular flexibility index (Phi) is 5.93. The largest absolute Gasteiger partial charge is 0.0799 e. The van der Waals surface area contributed by atoms with Crippen molar-refractivity contribution in [1.82, 2.24) is 0 Å². The van der Waals surface area contributed by atoms with E-state index in [0.717, 1.165) is 11.8 Å². The standard InChI is InChI=1S/C20H38/c1-9-11-18-14-19(18,7)13-17(10-2)20(8,16(5)6)12-15(3)4/h12,16-18H,9-11,13-14H2,1-8H3. The first-order chi connectivity index (χ1) is 9.19. The Hall–Kier alpha value is -0.260. The van der Waals surface area contributed by atoms with Gasteiger partial charge in [-0.05, 0) is 55.3 Å². The summed E-state index contributed by atoms with van der Waals surface area (Å²) in [6.45, 7) is 19.1. The molecule has 0 radical (unpaired) electrons. The Labute approximate surface area is 128 Å². The first-order valence-electron chi connectivity index (χ1n) is 8.85. The van der Waals surface area contributed by atoms with E-state index in [1.54, 1.807) is 0 Å². The van der Waals surface area contributed by atoms with Gasteiger partial charge in [0, 0.05) is 0 Å². The van der Waals surface area contributed by atoms with E-state index < -0.39 is 0 Å². The van der Waals surface area contributed by atoms with Crippen molar-refractivity contribution in [3.8, 4) is 0 Å². The van der Waals surface area contributed by atoms with Crippen LogP contribution in [0.3, 0.4) is 0 Å². The summed E-state index contributed by atoms with van der Waals surface area (Å²) >= 11 is 0. The summed E-state index contributed by atoms with van der Waals surface area (Å²) in [5.74, 6) is 2.54. The van der Waals surface area contributed by atoms with Gasteiger partial charge in [-0.3, -0.25) is 0 Å². The Morgan fingerprint density at radius 3 is 2.30 bits per heavy atom. The maximum Gasteiger partial charge on any atom is -0.00927 e. The van der Waals surface area contributed by atoms with Crippen LogP contribution in [0.25, 0.3) is 0 Å². The summed E-state index contributed by atoms with van der Waals surface area (Å²) < 4.78 is 0. The smallest absolute Gasteiger partial charge is 0.00927 e. The van der Waals surface area contributed by atoms with E-state index in [1.807, 2.05) is 0 Å². The second-order valence-electron chi connectivity index (χ2n) is 8.40. The molecule has 0 bridgehead atoms. The molecule has 0 amide bonds. The van der Waals surface area contributed by atoms with Gasteiger partial charge in [0.2, 0.25) is 0 Å². The van der Waals surface area contributed by atoms with Gasteiger partial charge in [-0.15, -0.1) is 0 Å². The molecule has 1 aliphatic carbocycles. The molecule has 1 aliphatic rings. The molecule has 4 unspecified atom stereocenters.